The van der Waals surface area contributed by atoms with Crippen LogP contribution < -0.4 is 10.6 Å². The lowest BCUT2D eigenvalue weighted by molar-refractivity contribution is -0.121. The summed E-state index contributed by atoms with van der Waals surface area (Å²) in [5.41, 5.74) is 0.515. The normalized spacial score (nSPS) is 21.3. The van der Waals surface area contributed by atoms with Crippen molar-refractivity contribution in [3.05, 3.63) is 21.9 Å². The van der Waals surface area contributed by atoms with Gasteiger partial charge in [-0.25, -0.2) is 4.79 Å². The topological polar surface area (TPSA) is 109 Å². The highest BCUT2D eigenvalue weighted by atomic mass is 32.1. The number of aliphatic hydroxyl groups excluding tert-OH is 1. The fourth-order valence-electron chi connectivity index (χ4n) is 2.28. The molecule has 0 fully saturated rings. The summed E-state index contributed by atoms with van der Waals surface area (Å²) in [6.07, 6.45) is -1.68. The van der Waals surface area contributed by atoms with Crippen molar-refractivity contribution in [3.63, 3.8) is 0 Å². The van der Waals surface area contributed by atoms with E-state index in [0.29, 0.717) is 5.71 Å². The number of oxime groups is 1. The molecule has 0 saturated heterocycles. The van der Waals surface area contributed by atoms with Crippen molar-refractivity contribution in [2.75, 3.05) is 13.7 Å². The number of carbonyl (C=O) groups excluding carboxylic acids is 2. The van der Waals surface area contributed by atoms with Gasteiger partial charge in [0.2, 0.25) is 5.91 Å². The van der Waals surface area contributed by atoms with Gasteiger partial charge in [-0.1, -0.05) is 5.16 Å². The monoisotopic (exact) mass is 355 g/mol. The summed E-state index contributed by atoms with van der Waals surface area (Å²) < 4.78 is 5.06. The summed E-state index contributed by atoms with van der Waals surface area (Å²) in [6.45, 7) is 4.94. The molecule has 0 unspecified atom stereocenters. The lowest BCUT2D eigenvalue weighted by Crippen LogP contribution is -2.43. The van der Waals surface area contributed by atoms with Crippen LogP contribution in [0, 0.1) is 0 Å². The van der Waals surface area contributed by atoms with Gasteiger partial charge in [0.25, 0.3) is 0 Å². The molecule has 2 rings (SSSR count). The highest BCUT2D eigenvalue weighted by Gasteiger charge is 2.39. The first-order valence-corrected chi connectivity index (χ1v) is 8.24. The third-order valence-corrected chi connectivity index (χ3v) is 4.11. The second-order valence-electron chi connectivity index (χ2n) is 6.21. The number of rotatable bonds is 4. The Morgan fingerprint density at radius 1 is 1.42 bits per heavy atom. The Bertz CT molecular complexity index is 650. The Balaban J connectivity index is 1.95. The average molecular weight is 355 g/mol. The second-order valence-corrected chi connectivity index (χ2v) is 7.13. The van der Waals surface area contributed by atoms with Gasteiger partial charge in [0, 0.05) is 0 Å². The van der Waals surface area contributed by atoms with Gasteiger partial charge in [-0.15, -0.1) is 11.3 Å². The number of hydrogen-bond donors (Lipinski definition) is 3. The minimum absolute atomic E-state index is 0.256. The van der Waals surface area contributed by atoms with E-state index in [4.69, 9.17) is 9.57 Å². The van der Waals surface area contributed by atoms with E-state index >= 15 is 0 Å². The summed E-state index contributed by atoms with van der Waals surface area (Å²) in [7, 11) is 1.39. The van der Waals surface area contributed by atoms with Crippen molar-refractivity contribution >= 4 is 29.0 Å². The molecule has 1 aliphatic rings. The highest BCUT2D eigenvalue weighted by molar-refractivity contribution is 7.12. The van der Waals surface area contributed by atoms with Crippen molar-refractivity contribution in [2.45, 2.75) is 38.5 Å². The predicted octanol–water partition coefficient (Wildman–Crippen LogP) is 1.16. The van der Waals surface area contributed by atoms with Crippen LogP contribution in [0.25, 0.3) is 0 Å². The molecule has 0 saturated carbocycles. The van der Waals surface area contributed by atoms with Crippen LogP contribution >= 0.6 is 11.3 Å². The molecule has 2 atom stereocenters. The Kier molecular flexibility index (Phi) is 5.45. The summed E-state index contributed by atoms with van der Waals surface area (Å²) in [5.74, 6) is -0.444. The maximum absolute atomic E-state index is 12.1. The van der Waals surface area contributed by atoms with Gasteiger partial charge >= 0.3 is 6.09 Å². The molecule has 1 aliphatic carbocycles. The average Bonchev–Trinajstić information content (AvgIpc) is 3.02. The van der Waals surface area contributed by atoms with E-state index in [0.717, 1.165) is 10.4 Å². The van der Waals surface area contributed by atoms with E-state index in [2.05, 4.69) is 15.8 Å². The first kappa shape index (κ1) is 18.2. The molecule has 0 aromatic carbocycles. The molecule has 132 valence electrons. The van der Waals surface area contributed by atoms with Gasteiger partial charge in [0.1, 0.15) is 31.1 Å². The minimum atomic E-state index is -1.00. The molecule has 1 heterocycles. The van der Waals surface area contributed by atoms with Crippen LogP contribution in [0.2, 0.25) is 0 Å². The molecular formula is C15H21N3O5S. The maximum Gasteiger partial charge on any atom is 0.408 e. The van der Waals surface area contributed by atoms with Crippen LogP contribution in [0.4, 0.5) is 4.79 Å². The van der Waals surface area contributed by atoms with Gasteiger partial charge in [0.05, 0.1) is 10.9 Å². The molecule has 2 amide bonds. The Morgan fingerprint density at radius 3 is 2.75 bits per heavy atom. The fraction of sp³-hybridized carbons (Fsp3) is 0.533. The molecule has 1 aromatic heterocycles. The molecule has 0 bridgehead atoms. The van der Waals surface area contributed by atoms with E-state index in [1.54, 1.807) is 20.8 Å². The second kappa shape index (κ2) is 7.18. The van der Waals surface area contributed by atoms with Crippen molar-refractivity contribution in [3.8, 4) is 0 Å². The Labute approximate surface area is 143 Å². The summed E-state index contributed by atoms with van der Waals surface area (Å²) >= 11 is 1.41. The number of nitrogens with one attached hydrogen (secondary N) is 2. The number of hydrogen-bond acceptors (Lipinski definition) is 7. The number of alkyl carbamates (subject to hydrolysis) is 1. The third kappa shape index (κ3) is 4.24. The number of nitrogens with zero attached hydrogens (tertiary/aromatic N) is 1. The molecule has 0 aliphatic heterocycles. The summed E-state index contributed by atoms with van der Waals surface area (Å²) in [5, 5.41) is 21.1. The molecule has 1 aromatic rings. The van der Waals surface area contributed by atoms with E-state index < -0.39 is 29.7 Å². The van der Waals surface area contributed by atoms with Crippen molar-refractivity contribution in [2.24, 2.45) is 5.16 Å². The van der Waals surface area contributed by atoms with Gasteiger partial charge < -0.3 is 25.3 Å². The Hall–Kier alpha value is -2.13. The molecule has 0 spiro atoms. The molecule has 8 nitrogen and oxygen atoms in total. The molecule has 3 N–H and O–H groups in total. The Morgan fingerprint density at radius 2 is 2.12 bits per heavy atom. The van der Waals surface area contributed by atoms with Crippen LogP contribution in [0.3, 0.4) is 0 Å². The lowest BCUT2D eigenvalue weighted by Gasteiger charge is -2.20. The molecule has 0 radical (unpaired) electrons. The van der Waals surface area contributed by atoms with Gasteiger partial charge in [-0.05, 0) is 37.8 Å². The van der Waals surface area contributed by atoms with Gasteiger partial charge in [0.15, 0.2) is 0 Å². The quantitative estimate of drug-likeness (QED) is 0.702. The molecule has 24 heavy (non-hydrogen) atoms. The zero-order valence-corrected chi connectivity index (χ0v) is 14.8. The van der Waals surface area contributed by atoms with Crippen LogP contribution in [-0.2, 0) is 14.4 Å². The summed E-state index contributed by atoms with van der Waals surface area (Å²) in [4.78, 5) is 29.1. The number of fused-ring (bicyclic) bond motifs is 1. The molecular weight excluding hydrogens is 334 g/mol. The number of thiophene rings is 1. The van der Waals surface area contributed by atoms with Gasteiger partial charge in [-0.2, -0.15) is 0 Å². The standard InChI is InChI=1S/C15H21N3O5S/c1-15(2,3)23-14(21)16-7-9(19)17-10-8-5-6-24-13(8)11(12(10)20)18-22-4/h5-6,10,12,20H,7H2,1-4H3,(H,16,21)(H,17,19)/b18-11-/t10-,12-/m1/s1. The lowest BCUT2D eigenvalue weighted by atomic mass is 10.1. The molecule has 9 heteroatoms. The number of ether oxygens (including phenoxy) is 1. The zero-order valence-electron chi connectivity index (χ0n) is 14.0. The fourth-order valence-corrected chi connectivity index (χ4v) is 3.24. The minimum Gasteiger partial charge on any atom is -0.444 e. The first-order chi connectivity index (χ1) is 11.2. The van der Waals surface area contributed by atoms with Crippen LogP contribution in [0.1, 0.15) is 37.3 Å². The largest absolute Gasteiger partial charge is 0.444 e. The van der Waals surface area contributed by atoms with Crippen LogP contribution in [-0.4, -0.2) is 48.2 Å². The van der Waals surface area contributed by atoms with Crippen molar-refractivity contribution < 1.29 is 24.3 Å². The van der Waals surface area contributed by atoms with Crippen molar-refractivity contribution in [1.82, 2.24) is 10.6 Å². The third-order valence-electron chi connectivity index (χ3n) is 3.16. The van der Waals surface area contributed by atoms with E-state index in [-0.39, 0.29) is 6.54 Å². The van der Waals surface area contributed by atoms with Gasteiger partial charge in [-0.3, -0.25) is 4.79 Å². The summed E-state index contributed by atoms with van der Waals surface area (Å²) in [6, 6.07) is 1.18. The predicted molar refractivity (Wildman–Crippen MR) is 89.0 cm³/mol. The first-order valence-electron chi connectivity index (χ1n) is 7.36. The maximum atomic E-state index is 12.1. The van der Waals surface area contributed by atoms with E-state index in [9.17, 15) is 14.7 Å². The SMILES string of the molecule is CO/N=C1\c2sccc2[C@@H](NC(=O)CNC(=O)OC(C)(C)C)[C@H]1O. The number of amides is 2. The number of carbonyl (C=O) groups is 2. The van der Waals surface area contributed by atoms with E-state index in [1.807, 2.05) is 11.4 Å². The zero-order chi connectivity index (χ0) is 17.9. The van der Waals surface area contributed by atoms with Crippen LogP contribution in [0.15, 0.2) is 16.6 Å². The van der Waals surface area contributed by atoms with E-state index in [1.165, 1.54) is 18.4 Å². The smallest absolute Gasteiger partial charge is 0.408 e. The number of aliphatic hydroxyl groups is 1. The van der Waals surface area contributed by atoms with Crippen molar-refractivity contribution in [1.29, 1.82) is 0 Å². The highest BCUT2D eigenvalue weighted by Crippen LogP contribution is 2.35. The van der Waals surface area contributed by atoms with Crippen LogP contribution in [0.5, 0.6) is 0 Å².